The molecule has 0 aliphatic rings. The van der Waals surface area contributed by atoms with E-state index in [1.165, 1.54) is 0 Å². The zero-order valence-electron chi connectivity index (χ0n) is 14.6. The van der Waals surface area contributed by atoms with Gasteiger partial charge in [-0.05, 0) is 48.0 Å². The van der Waals surface area contributed by atoms with E-state index in [2.05, 4.69) is 26.2 Å². The molecule has 2 amide bonds. The third kappa shape index (κ3) is 6.08. The molecule has 0 bridgehead atoms. The molecule has 1 aromatic heterocycles. The molecular weight excluding hydrogens is 426 g/mol. The van der Waals surface area contributed by atoms with Gasteiger partial charge in [-0.15, -0.1) is 0 Å². The minimum absolute atomic E-state index is 0.154. The van der Waals surface area contributed by atoms with Crippen molar-refractivity contribution in [3.8, 4) is 0 Å². The maximum Gasteiger partial charge on any atom is 0.322 e. The van der Waals surface area contributed by atoms with Gasteiger partial charge in [-0.1, -0.05) is 51.8 Å². The number of rotatable bonds is 6. The summed E-state index contributed by atoms with van der Waals surface area (Å²) in [5.41, 5.74) is 2.71. The second kappa shape index (κ2) is 9.53. The number of halogens is 2. The summed E-state index contributed by atoms with van der Waals surface area (Å²) in [6, 6.07) is 20.7. The molecule has 0 saturated carbocycles. The van der Waals surface area contributed by atoms with Gasteiger partial charge < -0.3 is 10.2 Å². The van der Waals surface area contributed by atoms with Crippen LogP contribution in [0.25, 0.3) is 0 Å². The van der Waals surface area contributed by atoms with Gasteiger partial charge in [0.1, 0.15) is 0 Å². The van der Waals surface area contributed by atoms with E-state index in [0.29, 0.717) is 24.5 Å². The molecule has 6 heteroatoms. The van der Waals surface area contributed by atoms with E-state index in [-0.39, 0.29) is 6.03 Å². The highest BCUT2D eigenvalue weighted by atomic mass is 79.9. The molecule has 0 aliphatic carbocycles. The number of anilines is 1. The SMILES string of the molecule is O=C(Nc1cccc(Br)c1)N(CCc1ccccn1)Cc1ccc(Cl)cc1. The van der Waals surface area contributed by atoms with Gasteiger partial charge >= 0.3 is 6.03 Å². The molecule has 1 heterocycles. The Bertz CT molecular complexity index is 887. The van der Waals surface area contributed by atoms with E-state index in [1.807, 2.05) is 66.7 Å². The second-order valence-electron chi connectivity index (χ2n) is 6.06. The zero-order valence-corrected chi connectivity index (χ0v) is 17.0. The summed E-state index contributed by atoms with van der Waals surface area (Å²) in [5.74, 6) is 0. The van der Waals surface area contributed by atoms with Crippen LogP contribution in [-0.2, 0) is 13.0 Å². The Morgan fingerprint density at radius 1 is 1.07 bits per heavy atom. The van der Waals surface area contributed by atoms with E-state index >= 15 is 0 Å². The van der Waals surface area contributed by atoms with Gasteiger partial charge in [0.15, 0.2) is 0 Å². The number of aromatic nitrogens is 1. The Hall–Kier alpha value is -2.37. The minimum atomic E-state index is -0.154. The van der Waals surface area contributed by atoms with Gasteiger partial charge in [0.25, 0.3) is 0 Å². The first kappa shape index (κ1) is 19.4. The van der Waals surface area contributed by atoms with Gasteiger partial charge in [0.05, 0.1) is 0 Å². The molecule has 0 saturated heterocycles. The monoisotopic (exact) mass is 443 g/mol. The molecule has 0 fully saturated rings. The largest absolute Gasteiger partial charge is 0.322 e. The summed E-state index contributed by atoms with van der Waals surface area (Å²) in [5, 5.41) is 3.64. The molecule has 1 N–H and O–H groups in total. The normalized spacial score (nSPS) is 10.4. The molecule has 4 nitrogen and oxygen atoms in total. The number of pyridine rings is 1. The van der Waals surface area contributed by atoms with Crippen LogP contribution in [0.4, 0.5) is 10.5 Å². The third-order valence-electron chi connectivity index (χ3n) is 4.01. The Labute approximate surface area is 172 Å². The van der Waals surface area contributed by atoms with Crippen molar-refractivity contribution in [1.82, 2.24) is 9.88 Å². The summed E-state index contributed by atoms with van der Waals surface area (Å²) in [7, 11) is 0. The number of amides is 2. The average Bonchev–Trinajstić information content (AvgIpc) is 2.67. The van der Waals surface area contributed by atoms with Crippen molar-refractivity contribution in [3.05, 3.63) is 93.7 Å². The first-order valence-corrected chi connectivity index (χ1v) is 9.73. The van der Waals surface area contributed by atoms with Crippen molar-refractivity contribution in [2.75, 3.05) is 11.9 Å². The van der Waals surface area contributed by atoms with Crippen molar-refractivity contribution in [2.24, 2.45) is 0 Å². The van der Waals surface area contributed by atoms with Crippen LogP contribution in [-0.4, -0.2) is 22.5 Å². The Morgan fingerprint density at radius 3 is 2.59 bits per heavy atom. The van der Waals surface area contributed by atoms with Crippen LogP contribution >= 0.6 is 27.5 Å². The van der Waals surface area contributed by atoms with Crippen LogP contribution in [0.15, 0.2) is 77.4 Å². The second-order valence-corrected chi connectivity index (χ2v) is 7.41. The number of nitrogens with zero attached hydrogens (tertiary/aromatic N) is 2. The Morgan fingerprint density at radius 2 is 1.89 bits per heavy atom. The summed E-state index contributed by atoms with van der Waals surface area (Å²) in [6.45, 7) is 1.04. The number of urea groups is 1. The molecule has 3 rings (SSSR count). The Balaban J connectivity index is 1.72. The van der Waals surface area contributed by atoms with E-state index in [0.717, 1.165) is 21.4 Å². The van der Waals surface area contributed by atoms with Gasteiger partial charge in [0.2, 0.25) is 0 Å². The fourth-order valence-electron chi connectivity index (χ4n) is 2.63. The highest BCUT2D eigenvalue weighted by Crippen LogP contribution is 2.17. The third-order valence-corrected chi connectivity index (χ3v) is 4.76. The van der Waals surface area contributed by atoms with Crippen molar-refractivity contribution in [1.29, 1.82) is 0 Å². The van der Waals surface area contributed by atoms with Crippen LogP contribution in [0.1, 0.15) is 11.3 Å². The maximum absolute atomic E-state index is 12.9. The standard InChI is InChI=1S/C21H19BrClN3O/c22-17-4-3-6-20(14-17)25-21(27)26(13-11-19-5-1-2-12-24-19)15-16-7-9-18(23)10-8-16/h1-10,12,14H,11,13,15H2,(H,25,27). The number of nitrogens with one attached hydrogen (secondary N) is 1. The minimum Gasteiger partial charge on any atom is -0.320 e. The van der Waals surface area contributed by atoms with E-state index in [1.54, 1.807) is 11.1 Å². The van der Waals surface area contributed by atoms with Crippen molar-refractivity contribution in [3.63, 3.8) is 0 Å². The first-order chi connectivity index (χ1) is 13.1. The number of hydrogen-bond acceptors (Lipinski definition) is 2. The molecule has 0 unspecified atom stereocenters. The van der Waals surface area contributed by atoms with Gasteiger partial charge in [-0.2, -0.15) is 0 Å². The topological polar surface area (TPSA) is 45.2 Å². The van der Waals surface area contributed by atoms with Crippen molar-refractivity contribution in [2.45, 2.75) is 13.0 Å². The molecule has 27 heavy (non-hydrogen) atoms. The number of carbonyl (C=O) groups is 1. The lowest BCUT2D eigenvalue weighted by atomic mass is 10.2. The van der Waals surface area contributed by atoms with Crippen LogP contribution in [0.5, 0.6) is 0 Å². The summed E-state index contributed by atoms with van der Waals surface area (Å²) >= 11 is 9.39. The summed E-state index contributed by atoms with van der Waals surface area (Å²) < 4.78 is 0.915. The van der Waals surface area contributed by atoms with Gasteiger partial charge in [0, 0.05) is 46.6 Å². The van der Waals surface area contributed by atoms with Crippen LogP contribution in [0.2, 0.25) is 5.02 Å². The fourth-order valence-corrected chi connectivity index (χ4v) is 3.15. The predicted octanol–water partition coefficient (Wildman–Crippen LogP) is 5.77. The lowest BCUT2D eigenvalue weighted by Gasteiger charge is -2.23. The van der Waals surface area contributed by atoms with Crippen molar-refractivity contribution < 1.29 is 4.79 Å². The molecule has 3 aromatic rings. The molecule has 0 atom stereocenters. The van der Waals surface area contributed by atoms with E-state index in [4.69, 9.17) is 11.6 Å². The smallest absolute Gasteiger partial charge is 0.320 e. The van der Waals surface area contributed by atoms with Gasteiger partial charge in [-0.3, -0.25) is 4.98 Å². The van der Waals surface area contributed by atoms with Crippen LogP contribution in [0, 0.1) is 0 Å². The quantitative estimate of drug-likeness (QED) is 0.524. The molecule has 138 valence electrons. The first-order valence-electron chi connectivity index (χ1n) is 8.56. The maximum atomic E-state index is 12.9. The van der Waals surface area contributed by atoms with Gasteiger partial charge in [-0.25, -0.2) is 4.79 Å². The zero-order chi connectivity index (χ0) is 19.1. The average molecular weight is 445 g/mol. The summed E-state index contributed by atoms with van der Waals surface area (Å²) in [6.07, 6.45) is 2.45. The van der Waals surface area contributed by atoms with E-state index in [9.17, 15) is 4.79 Å². The summed E-state index contributed by atoms with van der Waals surface area (Å²) in [4.78, 5) is 19.0. The lowest BCUT2D eigenvalue weighted by Crippen LogP contribution is -2.36. The van der Waals surface area contributed by atoms with Crippen molar-refractivity contribution >= 4 is 39.2 Å². The highest BCUT2D eigenvalue weighted by Gasteiger charge is 2.15. The molecule has 0 aliphatic heterocycles. The molecule has 2 aromatic carbocycles. The molecule has 0 radical (unpaired) electrons. The number of benzene rings is 2. The predicted molar refractivity (Wildman–Crippen MR) is 113 cm³/mol. The van der Waals surface area contributed by atoms with Crippen LogP contribution in [0.3, 0.4) is 0 Å². The van der Waals surface area contributed by atoms with E-state index < -0.39 is 0 Å². The van der Waals surface area contributed by atoms with Crippen LogP contribution < -0.4 is 5.32 Å². The molecular formula is C21H19BrClN3O. The fraction of sp³-hybridized carbons (Fsp3) is 0.143. The highest BCUT2D eigenvalue weighted by molar-refractivity contribution is 9.10. The Kier molecular flexibility index (Phi) is 6.85. The number of carbonyl (C=O) groups excluding carboxylic acids is 1. The number of hydrogen-bond donors (Lipinski definition) is 1. The lowest BCUT2D eigenvalue weighted by molar-refractivity contribution is 0.209. The molecule has 0 spiro atoms.